The van der Waals surface area contributed by atoms with E-state index >= 15 is 0 Å². The van der Waals surface area contributed by atoms with Crippen molar-refractivity contribution in [2.45, 2.75) is 13.0 Å². The second kappa shape index (κ2) is 11.0. The molecule has 4 nitrogen and oxygen atoms in total. The van der Waals surface area contributed by atoms with E-state index in [2.05, 4.69) is 76.5 Å². The Balaban J connectivity index is 1.21. The highest BCUT2D eigenvalue weighted by Gasteiger charge is 2.17. The van der Waals surface area contributed by atoms with Gasteiger partial charge in [-0.15, -0.1) is 0 Å². The second-order valence-electron chi connectivity index (χ2n) is 8.08. The summed E-state index contributed by atoms with van der Waals surface area (Å²) in [6.07, 6.45) is 0.904. The van der Waals surface area contributed by atoms with Crippen molar-refractivity contribution < 1.29 is 9.47 Å². The highest BCUT2D eigenvalue weighted by molar-refractivity contribution is 5.37. The molecule has 0 N–H and O–H groups in total. The minimum Gasteiger partial charge on any atom is -0.497 e. The third kappa shape index (κ3) is 6.33. The normalized spacial score (nSPS) is 15.0. The van der Waals surface area contributed by atoms with Gasteiger partial charge in [-0.1, -0.05) is 60.7 Å². The summed E-state index contributed by atoms with van der Waals surface area (Å²) < 4.78 is 11.4. The third-order valence-electron chi connectivity index (χ3n) is 5.91. The number of nitrogens with zero attached hydrogens (tertiary/aromatic N) is 2. The number of benzene rings is 3. The summed E-state index contributed by atoms with van der Waals surface area (Å²) in [5, 5.41) is 0. The van der Waals surface area contributed by atoms with E-state index in [9.17, 15) is 0 Å². The van der Waals surface area contributed by atoms with E-state index in [1.807, 2.05) is 12.1 Å². The summed E-state index contributed by atoms with van der Waals surface area (Å²) in [5.41, 5.74) is 3.90. The first-order valence-electron chi connectivity index (χ1n) is 11.1. The van der Waals surface area contributed by atoms with Crippen LogP contribution in [-0.2, 0) is 13.0 Å². The molecule has 0 unspecified atom stereocenters. The van der Waals surface area contributed by atoms with E-state index in [-0.39, 0.29) is 0 Å². The Labute approximate surface area is 186 Å². The minimum absolute atomic E-state index is 0.726. The average Bonchev–Trinajstić information content (AvgIpc) is 2.82. The quantitative estimate of drug-likeness (QED) is 0.513. The van der Waals surface area contributed by atoms with Crippen LogP contribution in [0.5, 0.6) is 11.5 Å². The van der Waals surface area contributed by atoms with Crippen molar-refractivity contribution in [1.29, 1.82) is 0 Å². The van der Waals surface area contributed by atoms with Gasteiger partial charge in [0.15, 0.2) is 0 Å². The Morgan fingerprint density at radius 3 is 2.13 bits per heavy atom. The summed E-state index contributed by atoms with van der Waals surface area (Å²) in [4.78, 5) is 5.03. The minimum atomic E-state index is 0.726. The zero-order valence-corrected chi connectivity index (χ0v) is 18.4. The topological polar surface area (TPSA) is 24.9 Å². The number of para-hydroxylation sites is 1. The molecule has 0 radical (unpaired) electrons. The molecule has 31 heavy (non-hydrogen) atoms. The van der Waals surface area contributed by atoms with Gasteiger partial charge in [-0.25, -0.2) is 0 Å². The number of rotatable bonds is 9. The van der Waals surface area contributed by atoms with Crippen LogP contribution in [0.4, 0.5) is 0 Å². The molecule has 162 valence electrons. The molecule has 3 aromatic carbocycles. The highest BCUT2D eigenvalue weighted by atomic mass is 16.5. The zero-order chi connectivity index (χ0) is 21.3. The molecule has 1 aliphatic rings. The predicted molar refractivity (Wildman–Crippen MR) is 126 cm³/mol. The molecule has 0 saturated carbocycles. The lowest BCUT2D eigenvalue weighted by molar-refractivity contribution is 0.112. The molecule has 4 heteroatoms. The van der Waals surface area contributed by atoms with Crippen molar-refractivity contribution >= 4 is 0 Å². The SMILES string of the molecule is COc1ccc(CN2CCN(CCOc3ccccc3Cc3ccccc3)CC2)cc1. The van der Waals surface area contributed by atoms with Crippen molar-refractivity contribution in [2.24, 2.45) is 0 Å². The van der Waals surface area contributed by atoms with E-state index in [0.29, 0.717) is 0 Å². The fourth-order valence-electron chi connectivity index (χ4n) is 4.05. The Bertz CT molecular complexity index is 919. The van der Waals surface area contributed by atoms with Gasteiger partial charge in [0.25, 0.3) is 0 Å². The van der Waals surface area contributed by atoms with Crippen molar-refractivity contribution in [3.05, 3.63) is 95.6 Å². The van der Waals surface area contributed by atoms with E-state index < -0.39 is 0 Å². The molecule has 1 heterocycles. The Morgan fingerprint density at radius 1 is 0.710 bits per heavy atom. The Kier molecular flexibility index (Phi) is 7.59. The van der Waals surface area contributed by atoms with E-state index in [0.717, 1.165) is 63.8 Å². The Hall–Kier alpha value is -2.82. The summed E-state index contributed by atoms with van der Waals surface area (Å²) in [6, 6.07) is 27.4. The maximum Gasteiger partial charge on any atom is 0.122 e. The molecule has 0 aliphatic carbocycles. The van der Waals surface area contributed by atoms with Crippen LogP contribution in [0.25, 0.3) is 0 Å². The summed E-state index contributed by atoms with van der Waals surface area (Å²) >= 11 is 0. The first-order chi connectivity index (χ1) is 15.3. The van der Waals surface area contributed by atoms with Gasteiger partial charge in [-0.2, -0.15) is 0 Å². The predicted octanol–water partition coefficient (Wildman–Crippen LogP) is 4.48. The van der Waals surface area contributed by atoms with Crippen LogP contribution in [-0.4, -0.2) is 56.2 Å². The van der Waals surface area contributed by atoms with Gasteiger partial charge in [0, 0.05) is 45.7 Å². The van der Waals surface area contributed by atoms with Crippen LogP contribution in [0.3, 0.4) is 0 Å². The van der Waals surface area contributed by atoms with Gasteiger partial charge in [-0.3, -0.25) is 9.80 Å². The number of piperazine rings is 1. The van der Waals surface area contributed by atoms with E-state index in [1.165, 1.54) is 16.7 Å². The maximum atomic E-state index is 6.19. The zero-order valence-electron chi connectivity index (χ0n) is 18.4. The number of hydrogen-bond donors (Lipinski definition) is 0. The lowest BCUT2D eigenvalue weighted by Gasteiger charge is -2.34. The van der Waals surface area contributed by atoms with Crippen LogP contribution in [0.1, 0.15) is 16.7 Å². The van der Waals surface area contributed by atoms with Crippen molar-refractivity contribution in [3.63, 3.8) is 0 Å². The van der Waals surface area contributed by atoms with Crippen molar-refractivity contribution in [2.75, 3.05) is 46.4 Å². The standard InChI is InChI=1S/C27H32N2O2/c1-30-26-13-11-24(12-14-26)22-29-17-15-28(16-18-29)19-20-31-27-10-6-5-9-25(27)21-23-7-3-2-4-8-23/h2-14H,15-22H2,1H3. The van der Waals surface area contributed by atoms with Crippen LogP contribution in [0, 0.1) is 0 Å². The van der Waals surface area contributed by atoms with Gasteiger partial charge in [0.2, 0.25) is 0 Å². The fraction of sp³-hybridized carbons (Fsp3) is 0.333. The largest absolute Gasteiger partial charge is 0.497 e. The average molecular weight is 417 g/mol. The Morgan fingerprint density at radius 2 is 1.39 bits per heavy atom. The summed E-state index contributed by atoms with van der Waals surface area (Å²) in [7, 11) is 1.71. The molecule has 1 aliphatic heterocycles. The van der Waals surface area contributed by atoms with Crippen LogP contribution >= 0.6 is 0 Å². The monoisotopic (exact) mass is 416 g/mol. The molecule has 0 aromatic heterocycles. The van der Waals surface area contributed by atoms with Gasteiger partial charge in [0.1, 0.15) is 18.1 Å². The molecule has 0 spiro atoms. The van der Waals surface area contributed by atoms with Crippen molar-refractivity contribution in [3.8, 4) is 11.5 Å². The molecule has 3 aromatic rings. The van der Waals surface area contributed by atoms with E-state index in [1.54, 1.807) is 7.11 Å². The molecule has 0 amide bonds. The molecule has 1 saturated heterocycles. The van der Waals surface area contributed by atoms with Crippen LogP contribution in [0.2, 0.25) is 0 Å². The second-order valence-corrected chi connectivity index (χ2v) is 8.08. The molecule has 1 fully saturated rings. The molecule has 0 atom stereocenters. The number of methoxy groups -OCH3 is 1. The van der Waals surface area contributed by atoms with Crippen molar-refractivity contribution in [1.82, 2.24) is 9.80 Å². The van der Waals surface area contributed by atoms with Gasteiger partial charge in [0.05, 0.1) is 7.11 Å². The maximum absolute atomic E-state index is 6.19. The molecular weight excluding hydrogens is 384 g/mol. The molecular formula is C27H32N2O2. The third-order valence-corrected chi connectivity index (χ3v) is 5.91. The summed E-state index contributed by atoms with van der Waals surface area (Å²) in [5.74, 6) is 1.92. The van der Waals surface area contributed by atoms with Gasteiger partial charge < -0.3 is 9.47 Å². The van der Waals surface area contributed by atoms with Gasteiger partial charge >= 0.3 is 0 Å². The van der Waals surface area contributed by atoms with Crippen LogP contribution < -0.4 is 9.47 Å². The first-order valence-corrected chi connectivity index (χ1v) is 11.1. The lowest BCUT2D eigenvalue weighted by atomic mass is 10.0. The highest BCUT2D eigenvalue weighted by Crippen LogP contribution is 2.21. The first kappa shape index (κ1) is 21.4. The number of hydrogen-bond acceptors (Lipinski definition) is 4. The molecule has 0 bridgehead atoms. The lowest BCUT2D eigenvalue weighted by Crippen LogP contribution is -2.47. The number of ether oxygens (including phenoxy) is 2. The van der Waals surface area contributed by atoms with Gasteiger partial charge in [-0.05, 0) is 34.9 Å². The van der Waals surface area contributed by atoms with E-state index in [4.69, 9.17) is 9.47 Å². The smallest absolute Gasteiger partial charge is 0.122 e. The molecule has 4 rings (SSSR count). The fourth-order valence-corrected chi connectivity index (χ4v) is 4.05. The van der Waals surface area contributed by atoms with Crippen LogP contribution in [0.15, 0.2) is 78.9 Å². The summed E-state index contributed by atoms with van der Waals surface area (Å²) in [6.45, 7) is 7.06.